The van der Waals surface area contributed by atoms with Crippen molar-refractivity contribution in [3.8, 4) is 0 Å². The molecule has 1 aromatic carbocycles. The van der Waals surface area contributed by atoms with Gasteiger partial charge in [-0.3, -0.25) is 4.99 Å². The lowest BCUT2D eigenvalue weighted by atomic mass is 9.84. The lowest BCUT2D eigenvalue weighted by molar-refractivity contribution is 0.131. The van der Waals surface area contributed by atoms with Crippen molar-refractivity contribution < 1.29 is 9.84 Å². The van der Waals surface area contributed by atoms with Crippen molar-refractivity contribution in [2.45, 2.75) is 26.2 Å². The monoisotopic (exact) mass is 358 g/mol. The summed E-state index contributed by atoms with van der Waals surface area (Å²) in [7, 11) is 0. The van der Waals surface area contributed by atoms with Gasteiger partial charge in [-0.1, -0.05) is 18.2 Å². The third-order valence-electron chi connectivity index (χ3n) is 5.02. The van der Waals surface area contributed by atoms with E-state index in [1.807, 2.05) is 6.07 Å². The van der Waals surface area contributed by atoms with Crippen molar-refractivity contribution in [2.75, 3.05) is 39.5 Å². The van der Waals surface area contributed by atoms with Crippen molar-refractivity contribution in [3.63, 3.8) is 0 Å². The Morgan fingerprint density at radius 3 is 2.96 bits per heavy atom. The number of nitrogens with one attached hydrogen (secondary N) is 3. The van der Waals surface area contributed by atoms with E-state index in [-0.39, 0.29) is 12.0 Å². The molecule has 0 radical (unpaired) electrons. The molecule has 0 amide bonds. The van der Waals surface area contributed by atoms with Gasteiger partial charge in [-0.15, -0.1) is 0 Å². The first-order valence-corrected chi connectivity index (χ1v) is 9.52. The largest absolute Gasteiger partial charge is 0.396 e. The zero-order valence-electron chi connectivity index (χ0n) is 15.6. The molecule has 6 heteroatoms. The van der Waals surface area contributed by atoms with Crippen molar-refractivity contribution in [1.82, 2.24) is 15.6 Å². The van der Waals surface area contributed by atoms with Crippen LogP contribution in [-0.2, 0) is 11.2 Å². The normalized spacial score (nSPS) is 20.6. The molecule has 1 fully saturated rings. The van der Waals surface area contributed by atoms with E-state index in [1.165, 1.54) is 16.6 Å². The van der Waals surface area contributed by atoms with Crippen molar-refractivity contribution in [2.24, 2.45) is 10.4 Å². The van der Waals surface area contributed by atoms with Crippen molar-refractivity contribution >= 4 is 16.9 Å². The van der Waals surface area contributed by atoms with Crippen LogP contribution in [0.5, 0.6) is 0 Å². The Bertz CT molecular complexity index is 686. The molecule has 2 aromatic rings. The van der Waals surface area contributed by atoms with E-state index in [0.717, 1.165) is 44.9 Å². The maximum atomic E-state index is 9.35. The number of hydrogen-bond acceptors (Lipinski definition) is 3. The highest BCUT2D eigenvalue weighted by Gasteiger charge is 2.34. The second-order valence-electron chi connectivity index (χ2n) is 7.03. The molecule has 1 unspecified atom stereocenters. The van der Waals surface area contributed by atoms with Gasteiger partial charge in [0.1, 0.15) is 0 Å². The van der Waals surface area contributed by atoms with Crippen LogP contribution in [0.15, 0.2) is 35.3 Å². The maximum Gasteiger partial charge on any atom is 0.191 e. The van der Waals surface area contributed by atoms with Gasteiger partial charge in [-0.25, -0.2) is 0 Å². The molecular weight excluding hydrogens is 328 g/mol. The predicted molar refractivity (Wildman–Crippen MR) is 106 cm³/mol. The molecule has 1 atom stereocenters. The van der Waals surface area contributed by atoms with Gasteiger partial charge in [0.15, 0.2) is 5.96 Å². The maximum absolute atomic E-state index is 9.35. The summed E-state index contributed by atoms with van der Waals surface area (Å²) in [6, 6.07) is 10.5. The van der Waals surface area contributed by atoms with Gasteiger partial charge in [0, 0.05) is 49.3 Å². The standard InChI is InChI=1S/C20H30N4O2/c1-2-21-19(23-14-20(8-11-25)9-12-26-15-20)22-10-7-17-13-16-5-3-4-6-18(16)24-17/h3-6,13,24-25H,2,7-12,14-15H2,1H3,(H2,21,22,23). The van der Waals surface area contributed by atoms with Crippen LogP contribution in [0.25, 0.3) is 10.9 Å². The fourth-order valence-electron chi connectivity index (χ4n) is 3.46. The molecule has 1 aliphatic heterocycles. The van der Waals surface area contributed by atoms with Gasteiger partial charge in [0.2, 0.25) is 0 Å². The zero-order chi connectivity index (χ0) is 18.2. The van der Waals surface area contributed by atoms with Crippen LogP contribution in [-0.4, -0.2) is 55.5 Å². The number of aromatic nitrogens is 1. The number of aliphatic hydroxyl groups excluding tert-OH is 1. The molecule has 4 N–H and O–H groups in total. The number of hydrogen-bond donors (Lipinski definition) is 4. The number of aliphatic imine (C=N–C) groups is 1. The minimum absolute atomic E-state index is 0.0196. The summed E-state index contributed by atoms with van der Waals surface area (Å²) in [4.78, 5) is 8.21. The highest BCUT2D eigenvalue weighted by molar-refractivity contribution is 5.81. The van der Waals surface area contributed by atoms with Crippen molar-refractivity contribution in [1.29, 1.82) is 0 Å². The fourth-order valence-corrected chi connectivity index (χ4v) is 3.46. The highest BCUT2D eigenvalue weighted by Crippen LogP contribution is 2.32. The zero-order valence-corrected chi connectivity index (χ0v) is 15.6. The third kappa shape index (κ3) is 4.77. The summed E-state index contributed by atoms with van der Waals surface area (Å²) in [6.07, 6.45) is 2.61. The molecule has 1 aromatic heterocycles. The molecule has 6 nitrogen and oxygen atoms in total. The fraction of sp³-hybridized carbons (Fsp3) is 0.550. The molecule has 0 spiro atoms. The molecule has 142 valence electrons. The number of nitrogens with zero attached hydrogens (tertiary/aromatic N) is 1. The molecule has 2 heterocycles. The Kier molecular flexibility index (Phi) is 6.52. The van der Waals surface area contributed by atoms with Crippen LogP contribution >= 0.6 is 0 Å². The summed E-state index contributed by atoms with van der Waals surface area (Å²) < 4.78 is 5.55. The van der Waals surface area contributed by atoms with E-state index >= 15 is 0 Å². The van der Waals surface area contributed by atoms with Crippen LogP contribution in [0, 0.1) is 5.41 Å². The van der Waals surface area contributed by atoms with Crippen LogP contribution in [0.4, 0.5) is 0 Å². The quantitative estimate of drug-likeness (QED) is 0.430. The number of aromatic amines is 1. The third-order valence-corrected chi connectivity index (χ3v) is 5.02. The van der Waals surface area contributed by atoms with E-state index in [9.17, 15) is 5.11 Å². The summed E-state index contributed by atoms with van der Waals surface area (Å²) in [5.41, 5.74) is 2.37. The molecule has 3 rings (SSSR count). The lowest BCUT2D eigenvalue weighted by Crippen LogP contribution is -2.39. The Morgan fingerprint density at radius 1 is 1.35 bits per heavy atom. The molecule has 0 saturated carbocycles. The van der Waals surface area contributed by atoms with Gasteiger partial charge < -0.3 is 25.5 Å². The molecule has 0 bridgehead atoms. The second-order valence-corrected chi connectivity index (χ2v) is 7.03. The van der Waals surface area contributed by atoms with E-state index in [0.29, 0.717) is 13.2 Å². The van der Waals surface area contributed by atoms with Gasteiger partial charge in [0.05, 0.1) is 13.2 Å². The first kappa shape index (κ1) is 18.7. The molecule has 1 saturated heterocycles. The minimum atomic E-state index is -0.0196. The first-order valence-electron chi connectivity index (χ1n) is 9.52. The SMILES string of the molecule is CCNC(=NCC1(CCO)CCOC1)NCCc1cc2ccccc2[nH]1. The topological polar surface area (TPSA) is 81.7 Å². The summed E-state index contributed by atoms with van der Waals surface area (Å²) in [6.45, 7) is 6.00. The Morgan fingerprint density at radius 2 is 2.23 bits per heavy atom. The Balaban J connectivity index is 1.55. The molecule has 26 heavy (non-hydrogen) atoms. The average molecular weight is 358 g/mol. The smallest absolute Gasteiger partial charge is 0.191 e. The van der Waals surface area contributed by atoms with Crippen LogP contribution in [0.3, 0.4) is 0 Å². The highest BCUT2D eigenvalue weighted by atomic mass is 16.5. The second kappa shape index (κ2) is 9.05. The minimum Gasteiger partial charge on any atom is -0.396 e. The predicted octanol–water partition coefficient (Wildman–Crippen LogP) is 2.05. The molecular formula is C20H30N4O2. The number of benzene rings is 1. The molecule has 1 aliphatic rings. The van der Waals surface area contributed by atoms with Gasteiger partial charge >= 0.3 is 0 Å². The van der Waals surface area contributed by atoms with E-state index in [4.69, 9.17) is 9.73 Å². The average Bonchev–Trinajstić information content (AvgIpc) is 3.27. The number of guanidine groups is 1. The van der Waals surface area contributed by atoms with Gasteiger partial charge in [-0.05, 0) is 37.3 Å². The number of ether oxygens (including phenoxy) is 1. The summed E-state index contributed by atoms with van der Waals surface area (Å²) >= 11 is 0. The number of para-hydroxylation sites is 1. The Labute approximate surface area is 155 Å². The van der Waals surface area contributed by atoms with Crippen LogP contribution in [0.2, 0.25) is 0 Å². The van der Waals surface area contributed by atoms with E-state index in [1.54, 1.807) is 0 Å². The number of fused-ring (bicyclic) bond motifs is 1. The van der Waals surface area contributed by atoms with Crippen LogP contribution in [0.1, 0.15) is 25.5 Å². The van der Waals surface area contributed by atoms with E-state index in [2.05, 4.69) is 46.8 Å². The summed E-state index contributed by atoms with van der Waals surface area (Å²) in [5, 5.41) is 17.3. The molecule has 0 aliphatic carbocycles. The van der Waals surface area contributed by atoms with Gasteiger partial charge in [0.25, 0.3) is 0 Å². The summed E-state index contributed by atoms with van der Waals surface area (Å²) in [5.74, 6) is 0.827. The number of aliphatic hydroxyl groups is 1. The first-order chi connectivity index (χ1) is 12.7. The number of rotatable bonds is 8. The van der Waals surface area contributed by atoms with Gasteiger partial charge in [-0.2, -0.15) is 0 Å². The Hall–Kier alpha value is -2.05. The van der Waals surface area contributed by atoms with E-state index < -0.39 is 0 Å². The number of H-pyrrole nitrogens is 1. The lowest BCUT2D eigenvalue weighted by Gasteiger charge is -2.24. The van der Waals surface area contributed by atoms with Crippen molar-refractivity contribution in [3.05, 3.63) is 36.0 Å². The van der Waals surface area contributed by atoms with Crippen LogP contribution < -0.4 is 10.6 Å².